The molecule has 1 N–H and O–H groups in total. The third-order valence-electron chi connectivity index (χ3n) is 4.14. The molecule has 1 fully saturated rings. The van der Waals surface area contributed by atoms with Crippen LogP contribution in [0, 0.1) is 11.3 Å². The van der Waals surface area contributed by atoms with Crippen LogP contribution in [0.2, 0.25) is 0 Å². The van der Waals surface area contributed by atoms with Gasteiger partial charge in [-0.2, -0.15) is 5.10 Å². The Morgan fingerprint density at radius 1 is 1.50 bits per heavy atom. The van der Waals surface area contributed by atoms with Gasteiger partial charge in [0.05, 0.1) is 5.69 Å². The first-order valence-corrected chi connectivity index (χ1v) is 7.76. The Kier molecular flexibility index (Phi) is 4.86. The van der Waals surface area contributed by atoms with Gasteiger partial charge in [-0.1, -0.05) is 20.8 Å². The van der Waals surface area contributed by atoms with Crippen molar-refractivity contribution in [3.05, 3.63) is 17.5 Å². The summed E-state index contributed by atoms with van der Waals surface area (Å²) in [6.07, 6.45) is 2.36. The highest BCUT2D eigenvalue weighted by Gasteiger charge is 2.32. The predicted molar refractivity (Wildman–Crippen MR) is 83.7 cm³/mol. The second kappa shape index (κ2) is 6.27. The molecular weight excluding hydrogens is 248 g/mol. The lowest BCUT2D eigenvalue weighted by atomic mass is 9.89. The van der Waals surface area contributed by atoms with Crippen molar-refractivity contribution in [1.82, 2.24) is 20.0 Å². The summed E-state index contributed by atoms with van der Waals surface area (Å²) >= 11 is 0. The largest absolute Gasteiger partial charge is 0.306 e. The van der Waals surface area contributed by atoms with Crippen LogP contribution in [-0.2, 0) is 13.0 Å². The van der Waals surface area contributed by atoms with Crippen LogP contribution in [0.3, 0.4) is 0 Å². The Morgan fingerprint density at radius 2 is 2.25 bits per heavy atom. The lowest BCUT2D eigenvalue weighted by Gasteiger charge is -2.29. The van der Waals surface area contributed by atoms with Gasteiger partial charge in [0.15, 0.2) is 0 Å². The Bertz CT molecular complexity index is 426. The van der Waals surface area contributed by atoms with Crippen molar-refractivity contribution < 1.29 is 0 Å². The second-order valence-corrected chi connectivity index (χ2v) is 7.45. The lowest BCUT2D eigenvalue weighted by molar-refractivity contribution is 0.189. The van der Waals surface area contributed by atoms with E-state index in [1.54, 1.807) is 0 Å². The minimum absolute atomic E-state index is 0.435. The molecule has 0 saturated carbocycles. The van der Waals surface area contributed by atoms with Crippen LogP contribution < -0.4 is 0 Å². The standard InChI is InChI=1S/C16H30N4/c1-13(2)8-14-9-15(18-17-14)10-20(5)12-16(3)6-7-19(4)11-16/h9,13H,6-8,10-12H2,1-5H3,(H,17,18)/t16-/m1/s1. The van der Waals surface area contributed by atoms with Crippen LogP contribution in [0.15, 0.2) is 6.07 Å². The molecule has 1 atom stereocenters. The van der Waals surface area contributed by atoms with Crippen molar-refractivity contribution >= 4 is 0 Å². The fraction of sp³-hybridized carbons (Fsp3) is 0.812. The van der Waals surface area contributed by atoms with Crippen LogP contribution in [0.25, 0.3) is 0 Å². The Labute approximate surface area is 123 Å². The molecule has 1 aliphatic rings. The fourth-order valence-corrected chi connectivity index (χ4v) is 3.41. The van der Waals surface area contributed by atoms with Gasteiger partial charge in [-0.25, -0.2) is 0 Å². The Morgan fingerprint density at radius 3 is 2.85 bits per heavy atom. The highest BCUT2D eigenvalue weighted by atomic mass is 15.2. The first kappa shape index (κ1) is 15.5. The van der Waals surface area contributed by atoms with Gasteiger partial charge in [-0.15, -0.1) is 0 Å². The summed E-state index contributed by atoms with van der Waals surface area (Å²) in [5, 5.41) is 7.60. The third kappa shape index (κ3) is 4.32. The summed E-state index contributed by atoms with van der Waals surface area (Å²) in [7, 11) is 4.44. The second-order valence-electron chi connectivity index (χ2n) is 7.45. The minimum atomic E-state index is 0.435. The maximum atomic E-state index is 4.41. The van der Waals surface area contributed by atoms with Crippen molar-refractivity contribution in [2.75, 3.05) is 33.7 Å². The van der Waals surface area contributed by atoms with Crippen molar-refractivity contribution in [3.8, 4) is 0 Å². The van der Waals surface area contributed by atoms with Gasteiger partial charge in [0.2, 0.25) is 0 Å². The number of hydrogen-bond acceptors (Lipinski definition) is 3. The molecule has 0 spiro atoms. The molecule has 2 heterocycles. The lowest BCUT2D eigenvalue weighted by Crippen LogP contribution is -2.35. The molecule has 1 saturated heterocycles. The molecule has 0 bridgehead atoms. The molecule has 4 nitrogen and oxygen atoms in total. The fourth-order valence-electron chi connectivity index (χ4n) is 3.41. The van der Waals surface area contributed by atoms with Crippen molar-refractivity contribution in [2.45, 2.75) is 40.2 Å². The highest BCUT2D eigenvalue weighted by Crippen LogP contribution is 2.29. The molecule has 114 valence electrons. The van der Waals surface area contributed by atoms with E-state index in [1.807, 2.05) is 0 Å². The quantitative estimate of drug-likeness (QED) is 0.868. The number of nitrogens with zero attached hydrogens (tertiary/aromatic N) is 3. The highest BCUT2D eigenvalue weighted by molar-refractivity contribution is 5.09. The Balaban J connectivity index is 1.85. The van der Waals surface area contributed by atoms with Gasteiger partial charge in [-0.3, -0.25) is 10.00 Å². The molecule has 1 aromatic rings. The van der Waals surface area contributed by atoms with Crippen molar-refractivity contribution in [3.63, 3.8) is 0 Å². The molecule has 0 aromatic carbocycles. The molecule has 0 unspecified atom stereocenters. The minimum Gasteiger partial charge on any atom is -0.306 e. The van der Waals surface area contributed by atoms with Crippen LogP contribution >= 0.6 is 0 Å². The zero-order chi connectivity index (χ0) is 14.8. The summed E-state index contributed by atoms with van der Waals surface area (Å²) in [5.74, 6) is 0.664. The van der Waals surface area contributed by atoms with Gasteiger partial charge in [0, 0.05) is 25.3 Å². The zero-order valence-electron chi connectivity index (χ0n) is 13.7. The summed E-state index contributed by atoms with van der Waals surface area (Å²) in [4.78, 5) is 4.86. The molecule has 0 aliphatic carbocycles. The molecule has 4 heteroatoms. The molecular formula is C16H30N4. The van der Waals surface area contributed by atoms with Gasteiger partial charge in [-0.05, 0) is 50.9 Å². The number of rotatable bonds is 6. The van der Waals surface area contributed by atoms with Crippen molar-refractivity contribution in [2.24, 2.45) is 11.3 Å². The molecule has 20 heavy (non-hydrogen) atoms. The third-order valence-corrected chi connectivity index (χ3v) is 4.14. The number of nitrogens with one attached hydrogen (secondary N) is 1. The Hall–Kier alpha value is -0.870. The van der Waals surface area contributed by atoms with Crippen LogP contribution in [-0.4, -0.2) is 53.7 Å². The average molecular weight is 278 g/mol. The van der Waals surface area contributed by atoms with E-state index >= 15 is 0 Å². The summed E-state index contributed by atoms with van der Waals surface area (Å²) < 4.78 is 0. The van der Waals surface area contributed by atoms with E-state index < -0.39 is 0 Å². The van der Waals surface area contributed by atoms with Gasteiger partial charge in [0.1, 0.15) is 0 Å². The molecule has 1 aromatic heterocycles. The molecule has 0 radical (unpaired) electrons. The number of aromatic nitrogens is 2. The maximum Gasteiger partial charge on any atom is 0.0628 e. The van der Waals surface area contributed by atoms with E-state index in [0.29, 0.717) is 11.3 Å². The van der Waals surface area contributed by atoms with E-state index in [2.05, 4.69) is 60.9 Å². The number of H-pyrrole nitrogens is 1. The first-order chi connectivity index (χ1) is 9.36. The smallest absolute Gasteiger partial charge is 0.0628 e. The number of aromatic amines is 1. The molecule has 2 rings (SSSR count). The van der Waals surface area contributed by atoms with E-state index in [0.717, 1.165) is 19.5 Å². The van der Waals surface area contributed by atoms with Gasteiger partial charge in [0.25, 0.3) is 0 Å². The van der Waals surface area contributed by atoms with Gasteiger partial charge < -0.3 is 4.90 Å². The maximum absolute atomic E-state index is 4.41. The van der Waals surface area contributed by atoms with Crippen LogP contribution in [0.5, 0.6) is 0 Å². The first-order valence-electron chi connectivity index (χ1n) is 7.76. The predicted octanol–water partition coefficient (Wildman–Crippen LogP) is 2.38. The van der Waals surface area contributed by atoms with Crippen LogP contribution in [0.4, 0.5) is 0 Å². The molecule has 1 aliphatic heterocycles. The topological polar surface area (TPSA) is 35.2 Å². The van der Waals surface area contributed by atoms with Crippen LogP contribution in [0.1, 0.15) is 38.6 Å². The van der Waals surface area contributed by atoms with Gasteiger partial charge >= 0.3 is 0 Å². The van der Waals surface area contributed by atoms with E-state index in [4.69, 9.17) is 0 Å². The van der Waals surface area contributed by atoms with E-state index in [-0.39, 0.29) is 0 Å². The number of hydrogen-bond donors (Lipinski definition) is 1. The molecule has 0 amide bonds. The average Bonchev–Trinajstić information content (AvgIpc) is 2.85. The summed E-state index contributed by atoms with van der Waals surface area (Å²) in [5.41, 5.74) is 2.86. The monoisotopic (exact) mass is 278 g/mol. The number of likely N-dealkylation sites (tertiary alicyclic amines) is 1. The SMILES string of the molecule is CC(C)Cc1cc(CN(C)C[C@]2(C)CCN(C)C2)[nH]n1. The normalized spacial score (nSPS) is 24.1. The summed E-state index contributed by atoms with van der Waals surface area (Å²) in [6, 6.07) is 2.22. The summed E-state index contributed by atoms with van der Waals surface area (Å²) in [6.45, 7) is 11.4. The van der Waals surface area contributed by atoms with E-state index in [9.17, 15) is 0 Å². The van der Waals surface area contributed by atoms with E-state index in [1.165, 1.54) is 30.9 Å². The zero-order valence-corrected chi connectivity index (χ0v) is 13.7. The van der Waals surface area contributed by atoms with Crippen molar-refractivity contribution in [1.29, 1.82) is 0 Å².